The molecule has 0 atom stereocenters. The molecule has 0 spiro atoms. The molecule has 10 aromatic rings. The van der Waals surface area contributed by atoms with Gasteiger partial charge in [0.1, 0.15) is 0 Å². The van der Waals surface area contributed by atoms with E-state index in [2.05, 4.69) is 222 Å². The second-order valence-electron chi connectivity index (χ2n) is 18.0. The standard InChI is InChI=1S/C60H44/c1-59(2)52-27-15-13-24-48(52)56-49(25-16-28-53(56)59)55-45-22-10-11-23-46(45)58(57-41-20-9-8-19-38(41)29-32-42(57)37-17-6-5-7-18-37)47-34-31-39(35-50(47)55)40-30-33-44-43-21-12-14-26-51(43)60(3,4)54(44)36-40/h5-36H,1-4H3. The van der Waals surface area contributed by atoms with Gasteiger partial charge in [-0.05, 0) is 133 Å². The fourth-order valence-corrected chi connectivity index (χ4v) is 11.2. The SMILES string of the molecule is CC1(C)c2ccccc2-c2ccc(-c3ccc4c(-c5c(-c6ccccc6)ccc6ccccc56)c5ccccc5c(-c5cccc6c5-c5ccccc5C6(C)C)c4c3)cc21. The van der Waals surface area contributed by atoms with Crippen LogP contribution in [-0.2, 0) is 10.8 Å². The summed E-state index contributed by atoms with van der Waals surface area (Å²) in [4.78, 5) is 0. The summed E-state index contributed by atoms with van der Waals surface area (Å²) < 4.78 is 0. The lowest BCUT2D eigenvalue weighted by molar-refractivity contribution is 0.660. The summed E-state index contributed by atoms with van der Waals surface area (Å²) in [7, 11) is 0. The van der Waals surface area contributed by atoms with Crippen molar-refractivity contribution in [3.63, 3.8) is 0 Å². The molecule has 10 aromatic carbocycles. The van der Waals surface area contributed by atoms with Crippen LogP contribution in [0.4, 0.5) is 0 Å². The lowest BCUT2D eigenvalue weighted by Gasteiger charge is -2.24. The predicted octanol–water partition coefficient (Wildman–Crippen LogP) is 16.4. The van der Waals surface area contributed by atoms with Gasteiger partial charge in [0.15, 0.2) is 0 Å². The van der Waals surface area contributed by atoms with Crippen molar-refractivity contribution in [3.05, 3.63) is 216 Å². The Kier molecular flexibility index (Phi) is 7.42. The highest BCUT2D eigenvalue weighted by molar-refractivity contribution is 6.26. The maximum Gasteiger partial charge on any atom is 0.0159 e. The van der Waals surface area contributed by atoms with Gasteiger partial charge in [0, 0.05) is 10.8 Å². The smallest absolute Gasteiger partial charge is 0.0159 e. The summed E-state index contributed by atoms with van der Waals surface area (Å²) in [5.74, 6) is 0. The first-order chi connectivity index (χ1) is 29.3. The van der Waals surface area contributed by atoms with E-state index in [-0.39, 0.29) is 10.8 Å². The third kappa shape index (κ3) is 4.85. The van der Waals surface area contributed by atoms with Gasteiger partial charge in [-0.1, -0.05) is 210 Å². The molecule has 0 nitrogen and oxygen atoms in total. The molecule has 0 fully saturated rings. The minimum absolute atomic E-state index is 0.0830. The molecule has 0 N–H and O–H groups in total. The van der Waals surface area contributed by atoms with E-state index < -0.39 is 0 Å². The zero-order valence-corrected chi connectivity index (χ0v) is 34.5. The highest BCUT2D eigenvalue weighted by Gasteiger charge is 2.38. The predicted molar refractivity (Wildman–Crippen MR) is 256 cm³/mol. The van der Waals surface area contributed by atoms with Crippen molar-refractivity contribution in [3.8, 4) is 66.8 Å². The molecule has 0 saturated heterocycles. The van der Waals surface area contributed by atoms with E-state index in [4.69, 9.17) is 0 Å². The zero-order chi connectivity index (χ0) is 40.3. The molecule has 0 heteroatoms. The minimum Gasteiger partial charge on any atom is -0.0622 e. The van der Waals surface area contributed by atoms with E-state index in [1.165, 1.54) is 121 Å². The average molecular weight is 765 g/mol. The molecule has 12 rings (SSSR count). The molecule has 0 amide bonds. The number of fused-ring (bicyclic) bond motifs is 9. The van der Waals surface area contributed by atoms with E-state index in [1.54, 1.807) is 0 Å². The van der Waals surface area contributed by atoms with Crippen LogP contribution in [0.25, 0.3) is 99.1 Å². The molecule has 60 heavy (non-hydrogen) atoms. The summed E-state index contributed by atoms with van der Waals surface area (Å²) >= 11 is 0. The van der Waals surface area contributed by atoms with Gasteiger partial charge >= 0.3 is 0 Å². The number of benzene rings is 10. The summed E-state index contributed by atoms with van der Waals surface area (Å²) in [6.07, 6.45) is 0. The molecule has 0 bridgehead atoms. The lowest BCUT2D eigenvalue weighted by atomic mass is 9.79. The van der Waals surface area contributed by atoms with Crippen molar-refractivity contribution in [2.45, 2.75) is 38.5 Å². The number of rotatable bonds is 4. The Morgan fingerprint density at radius 2 is 0.783 bits per heavy atom. The van der Waals surface area contributed by atoms with Crippen LogP contribution in [0.1, 0.15) is 49.9 Å². The van der Waals surface area contributed by atoms with Crippen LogP contribution in [0.5, 0.6) is 0 Å². The Labute approximate surface area is 352 Å². The van der Waals surface area contributed by atoms with Crippen LogP contribution in [0.15, 0.2) is 194 Å². The van der Waals surface area contributed by atoms with E-state index in [0.717, 1.165) is 0 Å². The van der Waals surface area contributed by atoms with Crippen molar-refractivity contribution in [2.24, 2.45) is 0 Å². The van der Waals surface area contributed by atoms with Crippen molar-refractivity contribution in [2.75, 3.05) is 0 Å². The van der Waals surface area contributed by atoms with E-state index in [0.29, 0.717) is 0 Å². The van der Waals surface area contributed by atoms with E-state index in [1.807, 2.05) is 0 Å². The Morgan fingerprint density at radius 1 is 0.250 bits per heavy atom. The quantitative estimate of drug-likeness (QED) is 0.157. The van der Waals surface area contributed by atoms with Gasteiger partial charge in [0.2, 0.25) is 0 Å². The van der Waals surface area contributed by atoms with Gasteiger partial charge in [-0.2, -0.15) is 0 Å². The Bertz CT molecular complexity index is 3410. The van der Waals surface area contributed by atoms with Crippen LogP contribution in [0, 0.1) is 0 Å². The Hall–Kier alpha value is -7.02. The molecule has 284 valence electrons. The lowest BCUT2D eigenvalue weighted by Crippen LogP contribution is -2.14. The summed E-state index contributed by atoms with van der Waals surface area (Å²) in [6, 6.07) is 73.2. The van der Waals surface area contributed by atoms with Crippen LogP contribution >= 0.6 is 0 Å². The van der Waals surface area contributed by atoms with Crippen molar-refractivity contribution >= 4 is 32.3 Å². The molecule has 2 aliphatic rings. The monoisotopic (exact) mass is 764 g/mol. The van der Waals surface area contributed by atoms with Gasteiger partial charge in [0.05, 0.1) is 0 Å². The van der Waals surface area contributed by atoms with Gasteiger partial charge < -0.3 is 0 Å². The molecule has 0 aromatic heterocycles. The zero-order valence-electron chi connectivity index (χ0n) is 34.5. The normalized spacial score (nSPS) is 14.3. The van der Waals surface area contributed by atoms with Crippen LogP contribution in [0.3, 0.4) is 0 Å². The molecular formula is C60H44. The molecule has 0 radical (unpaired) electrons. The second-order valence-corrected chi connectivity index (χ2v) is 18.0. The Morgan fingerprint density at radius 3 is 1.58 bits per heavy atom. The first-order valence-electron chi connectivity index (χ1n) is 21.4. The van der Waals surface area contributed by atoms with E-state index in [9.17, 15) is 0 Å². The van der Waals surface area contributed by atoms with Crippen LogP contribution in [-0.4, -0.2) is 0 Å². The average Bonchev–Trinajstić information content (AvgIpc) is 3.67. The van der Waals surface area contributed by atoms with Crippen molar-refractivity contribution < 1.29 is 0 Å². The highest BCUT2D eigenvalue weighted by Crippen LogP contribution is 2.56. The van der Waals surface area contributed by atoms with Crippen LogP contribution < -0.4 is 0 Å². The van der Waals surface area contributed by atoms with Crippen LogP contribution in [0.2, 0.25) is 0 Å². The third-order valence-electron chi connectivity index (χ3n) is 14.1. The second kappa shape index (κ2) is 12.7. The first-order valence-corrected chi connectivity index (χ1v) is 21.4. The summed E-state index contributed by atoms with van der Waals surface area (Å²) in [5, 5.41) is 7.57. The van der Waals surface area contributed by atoms with Crippen molar-refractivity contribution in [1.29, 1.82) is 0 Å². The molecule has 0 saturated carbocycles. The maximum atomic E-state index is 2.51. The summed E-state index contributed by atoms with van der Waals surface area (Å²) in [6.45, 7) is 9.53. The maximum absolute atomic E-state index is 2.51. The Balaban J connectivity index is 1.22. The number of hydrogen-bond acceptors (Lipinski definition) is 0. The molecular weight excluding hydrogens is 721 g/mol. The van der Waals surface area contributed by atoms with Gasteiger partial charge in [-0.25, -0.2) is 0 Å². The summed E-state index contributed by atoms with van der Waals surface area (Å²) in [5.41, 5.74) is 20.9. The van der Waals surface area contributed by atoms with Gasteiger partial charge in [0.25, 0.3) is 0 Å². The minimum atomic E-state index is -0.110. The van der Waals surface area contributed by atoms with Crippen molar-refractivity contribution in [1.82, 2.24) is 0 Å². The molecule has 0 unspecified atom stereocenters. The fourth-order valence-electron chi connectivity index (χ4n) is 11.2. The molecule has 0 aliphatic heterocycles. The largest absolute Gasteiger partial charge is 0.0622 e. The third-order valence-corrected chi connectivity index (χ3v) is 14.1. The van der Waals surface area contributed by atoms with Gasteiger partial charge in [-0.3, -0.25) is 0 Å². The van der Waals surface area contributed by atoms with Gasteiger partial charge in [-0.15, -0.1) is 0 Å². The topological polar surface area (TPSA) is 0 Å². The number of hydrogen-bond donors (Lipinski definition) is 0. The highest BCUT2D eigenvalue weighted by atomic mass is 14.4. The fraction of sp³-hybridized carbons (Fsp3) is 0.100. The first kappa shape index (κ1) is 35.0. The molecule has 2 aliphatic carbocycles. The molecule has 0 heterocycles. The van der Waals surface area contributed by atoms with E-state index >= 15 is 0 Å².